The molecular weight excluding hydrogens is 487 g/mol. The van der Waals surface area contributed by atoms with Gasteiger partial charge in [-0.25, -0.2) is 4.39 Å². The second-order valence-corrected chi connectivity index (χ2v) is 8.70. The third-order valence-corrected chi connectivity index (χ3v) is 6.17. The number of thioether (sulfide) groups is 1. The first-order chi connectivity index (χ1) is 17.4. The molecule has 0 saturated carbocycles. The van der Waals surface area contributed by atoms with Crippen LogP contribution in [0.2, 0.25) is 0 Å². The average Bonchev–Trinajstić information content (AvgIpc) is 3.12. The fourth-order valence-electron chi connectivity index (χ4n) is 3.53. The summed E-state index contributed by atoms with van der Waals surface area (Å²) in [5.74, 6) is -0.0526. The number of rotatable bonds is 9. The van der Waals surface area contributed by atoms with Crippen molar-refractivity contribution in [2.45, 2.75) is 20.1 Å². The minimum atomic E-state index is -0.464. The van der Waals surface area contributed by atoms with E-state index in [1.54, 1.807) is 49.4 Å². The minimum Gasteiger partial charge on any atom is -0.490 e. The molecule has 1 fully saturated rings. The maximum absolute atomic E-state index is 13.2. The number of nitro groups is 1. The van der Waals surface area contributed by atoms with E-state index in [1.165, 1.54) is 30.3 Å². The molecule has 3 aromatic carbocycles. The summed E-state index contributed by atoms with van der Waals surface area (Å²) in [7, 11) is 0. The molecule has 36 heavy (non-hydrogen) atoms. The van der Waals surface area contributed by atoms with E-state index in [2.05, 4.69) is 0 Å². The van der Waals surface area contributed by atoms with Crippen molar-refractivity contribution in [2.24, 2.45) is 0 Å². The SMILES string of the molecule is CCOc1cc(/C=C2/SC(=O)N(Cc3ccc(F)cc3)C2=O)ccc1OCc1ccccc1[N+](=O)[O-]. The van der Waals surface area contributed by atoms with Gasteiger partial charge in [-0.15, -0.1) is 0 Å². The van der Waals surface area contributed by atoms with Gasteiger partial charge in [0.1, 0.15) is 12.4 Å². The first-order valence-electron chi connectivity index (χ1n) is 11.0. The Morgan fingerprint density at radius 3 is 2.50 bits per heavy atom. The standard InChI is InChI=1S/C26H21FN2O6S/c1-2-34-23-13-18(9-12-22(23)35-16-19-5-3-4-6-21(19)29(32)33)14-24-25(30)28(26(31)36-24)15-17-7-10-20(27)11-8-17/h3-14H,2,15-16H2,1H3/b24-14+. The van der Waals surface area contributed by atoms with Crippen LogP contribution in [0.5, 0.6) is 11.5 Å². The Hall–Kier alpha value is -4.18. The van der Waals surface area contributed by atoms with Gasteiger partial charge in [0, 0.05) is 6.07 Å². The summed E-state index contributed by atoms with van der Waals surface area (Å²) < 4.78 is 24.6. The predicted octanol–water partition coefficient (Wildman–Crippen LogP) is 5.95. The lowest BCUT2D eigenvalue weighted by molar-refractivity contribution is -0.385. The summed E-state index contributed by atoms with van der Waals surface area (Å²) in [5, 5.41) is 10.8. The van der Waals surface area contributed by atoms with Gasteiger partial charge in [0.2, 0.25) is 0 Å². The Labute approximate surface area is 210 Å². The van der Waals surface area contributed by atoms with Crippen molar-refractivity contribution in [3.8, 4) is 11.5 Å². The van der Waals surface area contributed by atoms with Gasteiger partial charge in [0.15, 0.2) is 11.5 Å². The molecular formula is C26H21FN2O6S. The van der Waals surface area contributed by atoms with E-state index in [0.29, 0.717) is 34.8 Å². The molecule has 1 heterocycles. The van der Waals surface area contributed by atoms with Crippen molar-refractivity contribution in [2.75, 3.05) is 6.61 Å². The van der Waals surface area contributed by atoms with Gasteiger partial charge in [-0.3, -0.25) is 24.6 Å². The van der Waals surface area contributed by atoms with E-state index >= 15 is 0 Å². The number of para-hydroxylation sites is 1. The van der Waals surface area contributed by atoms with Crippen LogP contribution in [0.3, 0.4) is 0 Å². The van der Waals surface area contributed by atoms with Crippen LogP contribution in [0.15, 0.2) is 71.6 Å². The summed E-state index contributed by atoms with van der Waals surface area (Å²) in [4.78, 5) is 37.4. The lowest BCUT2D eigenvalue weighted by atomic mass is 10.1. The van der Waals surface area contributed by atoms with Crippen LogP contribution in [-0.2, 0) is 17.9 Å². The lowest BCUT2D eigenvalue weighted by Gasteiger charge is -2.13. The number of carbonyl (C=O) groups excluding carboxylic acids is 2. The van der Waals surface area contributed by atoms with Crippen LogP contribution >= 0.6 is 11.8 Å². The number of ether oxygens (including phenoxy) is 2. The monoisotopic (exact) mass is 508 g/mol. The molecule has 0 bridgehead atoms. The number of nitro benzene ring substituents is 1. The molecule has 0 aliphatic carbocycles. The molecule has 0 aromatic heterocycles. The van der Waals surface area contributed by atoms with Crippen molar-refractivity contribution in [1.29, 1.82) is 0 Å². The summed E-state index contributed by atoms with van der Waals surface area (Å²) >= 11 is 0.823. The van der Waals surface area contributed by atoms with Gasteiger partial charge in [-0.05, 0) is 66.2 Å². The van der Waals surface area contributed by atoms with Crippen LogP contribution in [-0.4, -0.2) is 27.6 Å². The summed E-state index contributed by atoms with van der Waals surface area (Å²) in [6, 6.07) is 16.9. The second kappa shape index (κ2) is 11.0. The van der Waals surface area contributed by atoms with E-state index < -0.39 is 21.9 Å². The van der Waals surface area contributed by atoms with Crippen LogP contribution in [0.25, 0.3) is 6.08 Å². The van der Waals surface area contributed by atoms with Crippen LogP contribution in [0.1, 0.15) is 23.6 Å². The maximum Gasteiger partial charge on any atom is 0.293 e. The Bertz CT molecular complexity index is 1340. The molecule has 8 nitrogen and oxygen atoms in total. The highest BCUT2D eigenvalue weighted by atomic mass is 32.2. The first kappa shape index (κ1) is 24.9. The smallest absolute Gasteiger partial charge is 0.293 e. The van der Waals surface area contributed by atoms with E-state index in [0.717, 1.165) is 16.7 Å². The summed E-state index contributed by atoms with van der Waals surface area (Å²) in [6.45, 7) is 2.17. The normalized spacial score (nSPS) is 14.4. The minimum absolute atomic E-state index is 0.0289. The van der Waals surface area contributed by atoms with Crippen LogP contribution in [0, 0.1) is 15.9 Å². The van der Waals surface area contributed by atoms with E-state index in [1.807, 2.05) is 0 Å². The molecule has 0 spiro atoms. The topological polar surface area (TPSA) is 99.0 Å². The van der Waals surface area contributed by atoms with E-state index in [9.17, 15) is 24.1 Å². The molecule has 0 radical (unpaired) electrons. The third-order valence-electron chi connectivity index (χ3n) is 5.26. The molecule has 10 heteroatoms. The van der Waals surface area contributed by atoms with E-state index in [-0.39, 0.29) is 23.7 Å². The first-order valence-corrected chi connectivity index (χ1v) is 11.8. The highest BCUT2D eigenvalue weighted by Crippen LogP contribution is 2.36. The molecule has 0 N–H and O–H groups in total. The molecule has 2 amide bonds. The fourth-order valence-corrected chi connectivity index (χ4v) is 4.37. The van der Waals surface area contributed by atoms with Gasteiger partial charge in [0.25, 0.3) is 16.8 Å². The van der Waals surface area contributed by atoms with Gasteiger partial charge in [0.05, 0.1) is 28.5 Å². The van der Waals surface area contributed by atoms with Gasteiger partial charge >= 0.3 is 0 Å². The highest BCUT2D eigenvalue weighted by molar-refractivity contribution is 8.18. The average molecular weight is 509 g/mol. The number of carbonyl (C=O) groups is 2. The molecule has 0 unspecified atom stereocenters. The largest absolute Gasteiger partial charge is 0.490 e. The molecule has 3 aromatic rings. The predicted molar refractivity (Wildman–Crippen MR) is 133 cm³/mol. The van der Waals surface area contributed by atoms with Gasteiger partial charge in [-0.1, -0.05) is 30.3 Å². The third kappa shape index (κ3) is 5.72. The zero-order valence-electron chi connectivity index (χ0n) is 19.2. The lowest BCUT2D eigenvalue weighted by Crippen LogP contribution is -2.27. The number of imide groups is 1. The number of hydrogen-bond acceptors (Lipinski definition) is 7. The maximum atomic E-state index is 13.2. The quantitative estimate of drug-likeness (QED) is 0.200. The Kier molecular flexibility index (Phi) is 7.65. The molecule has 184 valence electrons. The van der Waals surface area contributed by atoms with Crippen molar-refractivity contribution in [3.63, 3.8) is 0 Å². The number of hydrogen-bond donors (Lipinski definition) is 0. The number of nitrogens with zero attached hydrogens (tertiary/aromatic N) is 2. The van der Waals surface area contributed by atoms with Gasteiger partial charge < -0.3 is 9.47 Å². The Balaban J connectivity index is 1.51. The van der Waals surface area contributed by atoms with Gasteiger partial charge in [-0.2, -0.15) is 0 Å². The second-order valence-electron chi connectivity index (χ2n) is 7.71. The van der Waals surface area contributed by atoms with Crippen molar-refractivity contribution in [1.82, 2.24) is 4.90 Å². The zero-order chi connectivity index (χ0) is 25.7. The molecule has 1 saturated heterocycles. The summed E-state index contributed by atoms with van der Waals surface area (Å²) in [5.41, 5.74) is 1.63. The molecule has 1 aliphatic rings. The van der Waals surface area contributed by atoms with Crippen LogP contribution in [0.4, 0.5) is 14.9 Å². The van der Waals surface area contributed by atoms with Crippen molar-refractivity contribution >= 4 is 34.7 Å². The number of benzene rings is 3. The number of amides is 2. The van der Waals surface area contributed by atoms with Crippen LogP contribution < -0.4 is 9.47 Å². The zero-order valence-corrected chi connectivity index (χ0v) is 20.0. The summed E-state index contributed by atoms with van der Waals surface area (Å²) in [6.07, 6.45) is 1.59. The molecule has 1 aliphatic heterocycles. The van der Waals surface area contributed by atoms with Crippen molar-refractivity contribution in [3.05, 3.63) is 104 Å². The number of halogens is 1. The molecule has 0 atom stereocenters. The fraction of sp³-hybridized carbons (Fsp3) is 0.154. The highest BCUT2D eigenvalue weighted by Gasteiger charge is 2.35. The Morgan fingerprint density at radius 1 is 1.03 bits per heavy atom. The van der Waals surface area contributed by atoms with E-state index in [4.69, 9.17) is 9.47 Å². The Morgan fingerprint density at radius 2 is 1.78 bits per heavy atom. The van der Waals surface area contributed by atoms with Crippen molar-refractivity contribution < 1.29 is 28.4 Å². The molecule has 4 rings (SSSR count).